The fraction of sp³-hybridized carbons (Fsp3) is 0.714. The summed E-state index contributed by atoms with van der Waals surface area (Å²) in [5.41, 5.74) is 0.920. The number of hydrogen-bond acceptors (Lipinski definition) is 5. The van der Waals surface area contributed by atoms with Crippen molar-refractivity contribution in [2.45, 2.75) is 32.6 Å². The normalized spacial score (nSPS) is 16.9. The highest BCUT2D eigenvalue weighted by Crippen LogP contribution is 2.12. The summed E-state index contributed by atoms with van der Waals surface area (Å²) in [5.74, 6) is 1.27. The number of nitrogens with one attached hydrogen (secondary N) is 1. The zero-order chi connectivity index (χ0) is 13.5. The van der Waals surface area contributed by atoms with Gasteiger partial charge in [0, 0.05) is 24.8 Å². The molecule has 2 heterocycles. The molecule has 1 N–H and O–H groups in total. The molecular formula is C14H24N4O. The third-order valence-electron chi connectivity index (χ3n) is 3.45. The SMILES string of the molecule is COc1cc(C)nc(NCCN2CCCCCC2)n1. The topological polar surface area (TPSA) is 50.3 Å². The third kappa shape index (κ3) is 4.67. The van der Waals surface area contributed by atoms with E-state index >= 15 is 0 Å². The molecule has 2 rings (SSSR count). The Morgan fingerprint density at radius 1 is 1.21 bits per heavy atom. The molecule has 1 aromatic heterocycles. The van der Waals surface area contributed by atoms with Crippen molar-refractivity contribution in [2.24, 2.45) is 0 Å². The maximum Gasteiger partial charge on any atom is 0.226 e. The van der Waals surface area contributed by atoms with Crippen LogP contribution in [-0.2, 0) is 0 Å². The van der Waals surface area contributed by atoms with Crippen LogP contribution in [-0.4, -0.2) is 48.2 Å². The number of nitrogens with zero attached hydrogens (tertiary/aromatic N) is 3. The molecule has 0 spiro atoms. The van der Waals surface area contributed by atoms with E-state index in [4.69, 9.17) is 4.74 Å². The van der Waals surface area contributed by atoms with Gasteiger partial charge in [0.1, 0.15) is 0 Å². The summed E-state index contributed by atoms with van der Waals surface area (Å²) >= 11 is 0. The summed E-state index contributed by atoms with van der Waals surface area (Å²) in [4.78, 5) is 11.2. The molecule has 1 saturated heterocycles. The van der Waals surface area contributed by atoms with E-state index in [2.05, 4.69) is 20.2 Å². The van der Waals surface area contributed by atoms with Gasteiger partial charge in [-0.25, -0.2) is 4.98 Å². The molecule has 0 radical (unpaired) electrons. The Bertz CT molecular complexity index is 389. The van der Waals surface area contributed by atoms with E-state index in [1.165, 1.54) is 38.8 Å². The van der Waals surface area contributed by atoms with Crippen LogP contribution < -0.4 is 10.1 Å². The molecule has 1 aliphatic heterocycles. The van der Waals surface area contributed by atoms with Crippen LogP contribution in [0.25, 0.3) is 0 Å². The molecule has 0 aliphatic carbocycles. The molecule has 0 saturated carbocycles. The number of aryl methyl sites for hydroxylation is 1. The minimum Gasteiger partial charge on any atom is -0.481 e. The molecule has 0 bridgehead atoms. The molecular weight excluding hydrogens is 240 g/mol. The first-order valence-corrected chi connectivity index (χ1v) is 7.14. The van der Waals surface area contributed by atoms with Gasteiger partial charge in [0.25, 0.3) is 0 Å². The molecule has 0 aromatic carbocycles. The third-order valence-corrected chi connectivity index (χ3v) is 3.45. The Labute approximate surface area is 115 Å². The highest BCUT2D eigenvalue weighted by molar-refractivity contribution is 5.30. The standard InChI is InChI=1S/C14H24N4O/c1-12-11-13(19-2)17-14(16-12)15-7-10-18-8-5-3-4-6-9-18/h11H,3-10H2,1-2H3,(H,15,16,17). The van der Waals surface area contributed by atoms with Gasteiger partial charge in [-0.3, -0.25) is 0 Å². The lowest BCUT2D eigenvalue weighted by molar-refractivity contribution is 0.296. The second-order valence-electron chi connectivity index (χ2n) is 5.06. The second-order valence-corrected chi connectivity index (χ2v) is 5.06. The molecule has 5 heteroatoms. The van der Waals surface area contributed by atoms with Crippen molar-refractivity contribution in [2.75, 3.05) is 38.6 Å². The zero-order valence-corrected chi connectivity index (χ0v) is 12.0. The van der Waals surface area contributed by atoms with Crippen LogP contribution in [0.4, 0.5) is 5.95 Å². The second kappa shape index (κ2) is 7.28. The molecule has 1 fully saturated rings. The average Bonchev–Trinajstić information content (AvgIpc) is 2.67. The van der Waals surface area contributed by atoms with Gasteiger partial charge in [-0.05, 0) is 32.9 Å². The quantitative estimate of drug-likeness (QED) is 0.882. The summed E-state index contributed by atoms with van der Waals surface area (Å²) in [6.45, 7) is 6.33. The van der Waals surface area contributed by atoms with E-state index in [1.807, 2.05) is 13.0 Å². The molecule has 0 amide bonds. The number of aromatic nitrogens is 2. The summed E-state index contributed by atoms with van der Waals surface area (Å²) in [7, 11) is 1.63. The molecule has 5 nitrogen and oxygen atoms in total. The van der Waals surface area contributed by atoms with Crippen molar-refractivity contribution in [1.29, 1.82) is 0 Å². The summed E-state index contributed by atoms with van der Waals surface area (Å²) in [5, 5.41) is 3.28. The largest absolute Gasteiger partial charge is 0.481 e. The molecule has 106 valence electrons. The van der Waals surface area contributed by atoms with Gasteiger partial charge in [-0.15, -0.1) is 0 Å². The minimum atomic E-state index is 0.616. The number of rotatable bonds is 5. The van der Waals surface area contributed by atoms with Gasteiger partial charge in [0.15, 0.2) is 0 Å². The van der Waals surface area contributed by atoms with Crippen LogP contribution in [0.2, 0.25) is 0 Å². The average molecular weight is 264 g/mol. The molecule has 0 atom stereocenters. The van der Waals surface area contributed by atoms with Crippen LogP contribution in [0, 0.1) is 6.92 Å². The first kappa shape index (κ1) is 14.1. The predicted molar refractivity (Wildman–Crippen MR) is 76.7 cm³/mol. The van der Waals surface area contributed by atoms with Gasteiger partial charge in [-0.2, -0.15) is 4.98 Å². The van der Waals surface area contributed by atoms with Crippen LogP contribution in [0.1, 0.15) is 31.4 Å². The zero-order valence-electron chi connectivity index (χ0n) is 12.0. The van der Waals surface area contributed by atoms with Crippen LogP contribution in [0.3, 0.4) is 0 Å². The van der Waals surface area contributed by atoms with Gasteiger partial charge < -0.3 is 15.0 Å². The maximum atomic E-state index is 5.15. The summed E-state index contributed by atoms with van der Waals surface area (Å²) < 4.78 is 5.15. The van der Waals surface area contributed by atoms with E-state index < -0.39 is 0 Å². The first-order valence-electron chi connectivity index (χ1n) is 7.14. The number of methoxy groups -OCH3 is 1. The monoisotopic (exact) mass is 264 g/mol. The number of ether oxygens (including phenoxy) is 1. The molecule has 0 unspecified atom stereocenters. The lowest BCUT2D eigenvalue weighted by Gasteiger charge is -2.19. The van der Waals surface area contributed by atoms with E-state index in [-0.39, 0.29) is 0 Å². The van der Waals surface area contributed by atoms with Gasteiger partial charge in [-0.1, -0.05) is 12.8 Å². The fourth-order valence-electron chi connectivity index (χ4n) is 2.41. The Balaban J connectivity index is 1.79. The Morgan fingerprint density at radius 2 is 1.95 bits per heavy atom. The summed E-state index contributed by atoms with van der Waals surface area (Å²) in [6, 6.07) is 1.83. The smallest absolute Gasteiger partial charge is 0.226 e. The lowest BCUT2D eigenvalue weighted by atomic mass is 10.2. The van der Waals surface area contributed by atoms with E-state index in [0.717, 1.165) is 18.8 Å². The maximum absolute atomic E-state index is 5.15. The predicted octanol–water partition coefficient (Wildman–Crippen LogP) is 2.08. The van der Waals surface area contributed by atoms with E-state index in [0.29, 0.717) is 11.8 Å². The Hall–Kier alpha value is -1.36. The van der Waals surface area contributed by atoms with Crippen molar-refractivity contribution in [3.63, 3.8) is 0 Å². The number of anilines is 1. The van der Waals surface area contributed by atoms with E-state index in [1.54, 1.807) is 7.11 Å². The number of hydrogen-bond donors (Lipinski definition) is 1. The molecule has 1 aliphatic rings. The minimum absolute atomic E-state index is 0.616. The Kier molecular flexibility index (Phi) is 5.39. The summed E-state index contributed by atoms with van der Waals surface area (Å²) in [6.07, 6.45) is 5.41. The molecule has 1 aromatic rings. The van der Waals surface area contributed by atoms with Gasteiger partial charge in [0.2, 0.25) is 11.8 Å². The number of likely N-dealkylation sites (tertiary alicyclic amines) is 1. The lowest BCUT2D eigenvalue weighted by Crippen LogP contribution is -2.30. The van der Waals surface area contributed by atoms with Gasteiger partial charge >= 0.3 is 0 Å². The van der Waals surface area contributed by atoms with Gasteiger partial charge in [0.05, 0.1) is 7.11 Å². The Morgan fingerprint density at radius 3 is 2.63 bits per heavy atom. The van der Waals surface area contributed by atoms with Crippen LogP contribution in [0.15, 0.2) is 6.07 Å². The molecule has 19 heavy (non-hydrogen) atoms. The van der Waals surface area contributed by atoms with Crippen molar-refractivity contribution in [3.05, 3.63) is 11.8 Å². The fourth-order valence-corrected chi connectivity index (χ4v) is 2.41. The van der Waals surface area contributed by atoms with Crippen molar-refractivity contribution >= 4 is 5.95 Å². The van der Waals surface area contributed by atoms with E-state index in [9.17, 15) is 0 Å². The van der Waals surface area contributed by atoms with Crippen molar-refractivity contribution in [3.8, 4) is 5.88 Å². The highest BCUT2D eigenvalue weighted by atomic mass is 16.5. The van der Waals surface area contributed by atoms with Crippen molar-refractivity contribution < 1.29 is 4.74 Å². The highest BCUT2D eigenvalue weighted by Gasteiger charge is 2.08. The van der Waals surface area contributed by atoms with Crippen molar-refractivity contribution in [1.82, 2.24) is 14.9 Å². The van der Waals surface area contributed by atoms with Crippen LogP contribution >= 0.6 is 0 Å². The van der Waals surface area contributed by atoms with Crippen LogP contribution in [0.5, 0.6) is 5.88 Å². The first-order chi connectivity index (χ1) is 9.28.